The molecule has 0 radical (unpaired) electrons. The minimum Gasteiger partial charge on any atom is -0.340 e. The average Bonchev–Trinajstić information content (AvgIpc) is 2.75. The van der Waals surface area contributed by atoms with Gasteiger partial charge in [-0.15, -0.1) is 0 Å². The lowest BCUT2D eigenvalue weighted by Crippen LogP contribution is -2.12. The van der Waals surface area contributed by atoms with E-state index in [2.05, 4.69) is 47.9 Å². The van der Waals surface area contributed by atoms with Crippen LogP contribution < -0.4 is 15.4 Å². The van der Waals surface area contributed by atoms with Crippen molar-refractivity contribution in [3.05, 3.63) is 94.2 Å². The Balaban J connectivity index is 1.46. The van der Waals surface area contributed by atoms with Crippen LogP contribution in [-0.2, 0) is 10.0 Å². The number of nitrogens with zero attached hydrogens (tertiary/aromatic N) is 2. The molecule has 0 bridgehead atoms. The summed E-state index contributed by atoms with van der Waals surface area (Å²) in [7, 11) is -3.65. The predicted octanol–water partition coefficient (Wildman–Crippen LogP) is 5.68. The van der Waals surface area contributed by atoms with Crippen molar-refractivity contribution < 1.29 is 8.42 Å². The van der Waals surface area contributed by atoms with Gasteiger partial charge in [-0.25, -0.2) is 13.4 Å². The van der Waals surface area contributed by atoms with Crippen LogP contribution in [0.25, 0.3) is 0 Å². The summed E-state index contributed by atoms with van der Waals surface area (Å²) in [5.41, 5.74) is 2.94. The number of hydrogen-bond donors (Lipinski definition) is 3. The van der Waals surface area contributed by atoms with Crippen molar-refractivity contribution in [1.29, 1.82) is 0 Å². The number of anilines is 5. The molecule has 0 amide bonds. The predicted molar refractivity (Wildman–Crippen MR) is 136 cm³/mol. The molecule has 1 aromatic heterocycles. The number of hydrogen-bond acceptors (Lipinski definition) is 6. The van der Waals surface area contributed by atoms with E-state index in [4.69, 9.17) is 0 Å². The second-order valence-corrected chi connectivity index (χ2v) is 9.90. The van der Waals surface area contributed by atoms with Gasteiger partial charge in [-0.2, -0.15) is 4.98 Å². The number of rotatable bonds is 7. The Hall–Kier alpha value is -3.18. The summed E-state index contributed by atoms with van der Waals surface area (Å²) in [6.45, 7) is 1.89. The molecule has 0 unspecified atom stereocenters. The van der Waals surface area contributed by atoms with Gasteiger partial charge in [0.2, 0.25) is 5.95 Å². The van der Waals surface area contributed by atoms with E-state index in [0.717, 1.165) is 20.6 Å². The highest BCUT2D eigenvalue weighted by atomic mass is 127. The molecule has 3 aromatic carbocycles. The third-order valence-electron chi connectivity index (χ3n) is 4.42. The maximum atomic E-state index is 12.6. The van der Waals surface area contributed by atoms with Crippen LogP contribution in [-0.4, -0.2) is 18.4 Å². The highest BCUT2D eigenvalue weighted by Gasteiger charge is 2.14. The van der Waals surface area contributed by atoms with Crippen molar-refractivity contribution in [2.24, 2.45) is 0 Å². The zero-order chi connectivity index (χ0) is 22.6. The molecular formula is C23H20IN5O2S. The van der Waals surface area contributed by atoms with Gasteiger partial charge in [0.05, 0.1) is 4.90 Å². The Bertz CT molecular complexity index is 1310. The normalized spacial score (nSPS) is 11.1. The summed E-state index contributed by atoms with van der Waals surface area (Å²) in [6, 6.07) is 25.2. The van der Waals surface area contributed by atoms with Crippen LogP contribution in [0.2, 0.25) is 0 Å². The first kappa shape index (κ1) is 22.0. The van der Waals surface area contributed by atoms with Crippen molar-refractivity contribution >= 4 is 61.4 Å². The largest absolute Gasteiger partial charge is 0.340 e. The van der Waals surface area contributed by atoms with Gasteiger partial charge in [0.15, 0.2) is 0 Å². The van der Waals surface area contributed by atoms with Gasteiger partial charge >= 0.3 is 0 Å². The van der Waals surface area contributed by atoms with E-state index < -0.39 is 10.0 Å². The van der Waals surface area contributed by atoms with Crippen LogP contribution in [0.5, 0.6) is 0 Å². The van der Waals surface area contributed by atoms with E-state index in [1.165, 1.54) is 0 Å². The van der Waals surface area contributed by atoms with Crippen molar-refractivity contribution in [2.75, 3.05) is 15.4 Å². The maximum Gasteiger partial charge on any atom is 0.261 e. The van der Waals surface area contributed by atoms with Crippen molar-refractivity contribution in [1.82, 2.24) is 9.97 Å². The molecule has 0 spiro atoms. The summed E-state index contributed by atoms with van der Waals surface area (Å²) in [4.78, 5) is 9.15. The van der Waals surface area contributed by atoms with Crippen LogP contribution in [0.15, 0.2) is 89.8 Å². The Morgan fingerprint density at radius 1 is 0.750 bits per heavy atom. The number of benzene rings is 3. The number of nitrogens with one attached hydrogen (secondary N) is 3. The fraction of sp³-hybridized carbons (Fsp3) is 0.0435. The average molecular weight is 557 g/mol. The molecule has 0 aliphatic heterocycles. The fourth-order valence-corrected chi connectivity index (χ4v) is 4.35. The zero-order valence-corrected chi connectivity index (χ0v) is 20.1. The minimum absolute atomic E-state index is 0.215. The lowest BCUT2D eigenvalue weighted by Gasteiger charge is -2.11. The Morgan fingerprint density at radius 2 is 1.38 bits per heavy atom. The molecule has 0 atom stereocenters. The third-order valence-corrected chi connectivity index (χ3v) is 6.53. The number of para-hydroxylation sites is 1. The maximum absolute atomic E-state index is 12.6. The molecule has 9 heteroatoms. The van der Waals surface area contributed by atoms with Gasteiger partial charge in [-0.3, -0.25) is 4.72 Å². The van der Waals surface area contributed by atoms with Gasteiger partial charge < -0.3 is 10.6 Å². The van der Waals surface area contributed by atoms with Crippen LogP contribution in [0, 0.1) is 10.5 Å². The van der Waals surface area contributed by atoms with Gasteiger partial charge in [-0.05, 0) is 90.2 Å². The molecule has 0 saturated heterocycles. The lowest BCUT2D eigenvalue weighted by molar-refractivity contribution is 0.601. The highest BCUT2D eigenvalue weighted by Crippen LogP contribution is 2.22. The van der Waals surface area contributed by atoms with Gasteiger partial charge in [0.25, 0.3) is 10.0 Å². The number of aryl methyl sites for hydroxylation is 1. The second kappa shape index (κ2) is 9.53. The first-order chi connectivity index (χ1) is 15.4. The Labute approximate surface area is 200 Å². The smallest absolute Gasteiger partial charge is 0.261 e. The summed E-state index contributed by atoms with van der Waals surface area (Å²) >= 11 is 2.13. The molecule has 7 nitrogen and oxygen atoms in total. The molecule has 32 heavy (non-hydrogen) atoms. The van der Waals surface area contributed by atoms with Crippen molar-refractivity contribution in [3.8, 4) is 0 Å². The van der Waals surface area contributed by atoms with E-state index in [0.29, 0.717) is 17.5 Å². The monoisotopic (exact) mass is 557 g/mol. The first-order valence-electron chi connectivity index (χ1n) is 9.71. The Kier molecular flexibility index (Phi) is 6.56. The lowest BCUT2D eigenvalue weighted by atomic mass is 10.3. The van der Waals surface area contributed by atoms with Crippen LogP contribution in [0.1, 0.15) is 5.69 Å². The van der Waals surface area contributed by atoms with Crippen molar-refractivity contribution in [2.45, 2.75) is 11.8 Å². The van der Waals surface area contributed by atoms with Gasteiger partial charge in [0, 0.05) is 32.4 Å². The van der Waals surface area contributed by atoms with E-state index in [1.54, 1.807) is 48.5 Å². The molecule has 4 aromatic rings. The number of sulfonamides is 1. The van der Waals surface area contributed by atoms with Crippen LogP contribution in [0.3, 0.4) is 0 Å². The summed E-state index contributed by atoms with van der Waals surface area (Å²) < 4.78 is 28.7. The minimum atomic E-state index is -3.65. The van der Waals surface area contributed by atoms with Crippen LogP contribution >= 0.6 is 22.6 Å². The zero-order valence-electron chi connectivity index (χ0n) is 17.1. The van der Waals surface area contributed by atoms with E-state index in [9.17, 15) is 8.42 Å². The number of aromatic nitrogens is 2. The highest BCUT2D eigenvalue weighted by molar-refractivity contribution is 14.1. The SMILES string of the molecule is Cc1cc(Nc2ccccc2)nc(Nc2ccc(NS(=O)(=O)c3ccc(I)cc3)cc2)n1. The molecule has 1 heterocycles. The Morgan fingerprint density at radius 3 is 2.06 bits per heavy atom. The quantitative estimate of drug-likeness (QED) is 0.253. The van der Waals surface area contributed by atoms with E-state index in [-0.39, 0.29) is 4.90 Å². The second-order valence-electron chi connectivity index (χ2n) is 6.97. The molecule has 0 fully saturated rings. The summed E-state index contributed by atoms with van der Waals surface area (Å²) in [6.07, 6.45) is 0. The van der Waals surface area contributed by atoms with Gasteiger partial charge in [0.1, 0.15) is 5.82 Å². The first-order valence-corrected chi connectivity index (χ1v) is 12.3. The summed E-state index contributed by atoms with van der Waals surface area (Å²) in [5, 5.41) is 6.42. The molecular weight excluding hydrogens is 537 g/mol. The third kappa shape index (κ3) is 5.74. The topological polar surface area (TPSA) is 96.0 Å². The van der Waals surface area contributed by atoms with E-state index >= 15 is 0 Å². The van der Waals surface area contributed by atoms with Gasteiger partial charge in [-0.1, -0.05) is 18.2 Å². The van der Waals surface area contributed by atoms with Crippen molar-refractivity contribution in [3.63, 3.8) is 0 Å². The standard InChI is InChI=1S/C23H20IN5O2S/c1-16-15-22(26-18-5-3-2-4-6-18)28-23(25-16)27-19-9-11-20(12-10-19)29-32(30,31)21-13-7-17(24)8-14-21/h2-15,29H,1H3,(H2,25,26,27,28). The molecule has 0 aliphatic rings. The molecule has 162 valence electrons. The molecule has 4 rings (SSSR count). The molecule has 0 saturated carbocycles. The molecule has 3 N–H and O–H groups in total. The van der Waals surface area contributed by atoms with Crippen LogP contribution in [0.4, 0.5) is 28.8 Å². The molecule has 0 aliphatic carbocycles. The summed E-state index contributed by atoms with van der Waals surface area (Å²) in [5.74, 6) is 1.11. The number of halogens is 1. The fourth-order valence-electron chi connectivity index (χ4n) is 2.94. The van der Waals surface area contributed by atoms with E-state index in [1.807, 2.05) is 43.3 Å².